The van der Waals surface area contributed by atoms with E-state index in [4.69, 9.17) is 5.73 Å². The fourth-order valence-electron chi connectivity index (χ4n) is 3.97. The molecule has 4 rings (SSSR count). The summed E-state index contributed by atoms with van der Waals surface area (Å²) in [4.78, 5) is 17.2. The van der Waals surface area contributed by atoms with E-state index in [1.165, 1.54) is 12.1 Å². The van der Waals surface area contributed by atoms with E-state index in [0.717, 1.165) is 23.3 Å². The molecule has 1 fully saturated rings. The van der Waals surface area contributed by atoms with Crippen molar-refractivity contribution in [3.8, 4) is 0 Å². The third-order valence-corrected chi connectivity index (χ3v) is 7.15. The number of aryl methyl sites for hydroxylation is 1. The molecule has 1 amide bonds. The van der Waals surface area contributed by atoms with E-state index < -0.39 is 28.6 Å². The zero-order valence-electron chi connectivity index (χ0n) is 17.9. The van der Waals surface area contributed by atoms with Crippen LogP contribution in [-0.4, -0.2) is 39.2 Å². The van der Waals surface area contributed by atoms with Crippen molar-refractivity contribution in [1.29, 1.82) is 0 Å². The van der Waals surface area contributed by atoms with Gasteiger partial charge in [-0.25, -0.2) is 0 Å². The lowest BCUT2D eigenvalue weighted by molar-refractivity contribution is -0.137. The Morgan fingerprint density at radius 2 is 1.94 bits per heavy atom. The van der Waals surface area contributed by atoms with Gasteiger partial charge in [-0.15, -0.1) is 4.31 Å². The van der Waals surface area contributed by atoms with Crippen LogP contribution in [0.5, 0.6) is 0 Å². The Hall–Kier alpha value is -2.82. The van der Waals surface area contributed by atoms with Gasteiger partial charge in [-0.3, -0.25) is 9.79 Å². The number of hydrogen-bond acceptors (Lipinski definition) is 5. The maximum atomic E-state index is 13.0. The number of amides is 1. The molecule has 2 heterocycles. The molecule has 1 spiro atoms. The Kier molecular flexibility index (Phi) is 6.26. The van der Waals surface area contributed by atoms with Crippen molar-refractivity contribution in [2.24, 2.45) is 4.99 Å². The molecule has 2 aromatic carbocycles. The number of hydrogen-bond donors (Lipinski definition) is 2. The molecule has 174 valence electrons. The largest absolute Gasteiger partial charge is 0.593 e. The number of nitrogens with zero attached hydrogens (tertiary/aromatic N) is 2. The number of nitrogens with two attached hydrogens (primary N) is 1. The number of aliphatic imine (C=N–C) groups is 1. The first kappa shape index (κ1) is 23.3. The van der Waals surface area contributed by atoms with Crippen LogP contribution in [0.2, 0.25) is 0 Å². The van der Waals surface area contributed by atoms with Crippen molar-refractivity contribution in [1.82, 2.24) is 9.62 Å². The van der Waals surface area contributed by atoms with Crippen LogP contribution in [0.4, 0.5) is 18.9 Å². The molecule has 2 aliphatic heterocycles. The molecule has 2 aromatic rings. The van der Waals surface area contributed by atoms with Gasteiger partial charge >= 0.3 is 6.18 Å². The number of anilines is 1. The van der Waals surface area contributed by atoms with Crippen LogP contribution >= 0.6 is 0 Å². The van der Waals surface area contributed by atoms with Crippen LogP contribution in [0.1, 0.15) is 35.1 Å². The molecule has 33 heavy (non-hydrogen) atoms. The Labute approximate surface area is 192 Å². The van der Waals surface area contributed by atoms with E-state index in [9.17, 15) is 22.5 Å². The molecule has 10 heteroatoms. The molecule has 0 saturated carbocycles. The smallest absolute Gasteiger partial charge is 0.416 e. The monoisotopic (exact) mass is 476 g/mol. The third-order valence-electron chi connectivity index (χ3n) is 5.91. The van der Waals surface area contributed by atoms with Crippen LogP contribution in [0, 0.1) is 6.92 Å². The molecule has 0 aliphatic carbocycles. The summed E-state index contributed by atoms with van der Waals surface area (Å²) in [5.74, 6) is -0.201. The molecule has 0 aromatic heterocycles. The SMILES string of the molecule is Cc1cc(N)ccc1/C=C/[S+]([O-])N1CCC2(CC1)N=C(c1cccc(C(F)(F)F)c1)NC2=O. The average molecular weight is 477 g/mol. The second-order valence-electron chi connectivity index (χ2n) is 8.15. The van der Waals surface area contributed by atoms with Gasteiger partial charge in [-0.2, -0.15) is 13.2 Å². The number of rotatable bonds is 4. The highest BCUT2D eigenvalue weighted by atomic mass is 32.2. The summed E-state index contributed by atoms with van der Waals surface area (Å²) >= 11 is -1.39. The molecule has 3 N–H and O–H groups in total. The number of nitrogen functional groups attached to an aromatic ring is 1. The second kappa shape index (κ2) is 8.85. The highest BCUT2D eigenvalue weighted by Crippen LogP contribution is 2.34. The lowest BCUT2D eigenvalue weighted by atomic mass is 9.89. The lowest BCUT2D eigenvalue weighted by Crippen LogP contribution is -2.50. The van der Waals surface area contributed by atoms with Gasteiger partial charge in [0.1, 0.15) is 16.8 Å². The summed E-state index contributed by atoms with van der Waals surface area (Å²) in [5, 5.41) is 4.24. The van der Waals surface area contributed by atoms with Gasteiger partial charge in [0.25, 0.3) is 5.91 Å². The van der Waals surface area contributed by atoms with Crippen LogP contribution in [0.3, 0.4) is 0 Å². The molecule has 1 unspecified atom stereocenters. The van der Waals surface area contributed by atoms with E-state index in [1.54, 1.807) is 21.9 Å². The highest BCUT2D eigenvalue weighted by molar-refractivity contribution is 7.92. The van der Waals surface area contributed by atoms with Crippen LogP contribution in [0.15, 0.2) is 52.9 Å². The zero-order chi connectivity index (χ0) is 23.8. The maximum absolute atomic E-state index is 13.0. The van der Waals surface area contributed by atoms with Crippen molar-refractivity contribution in [3.63, 3.8) is 0 Å². The van der Waals surface area contributed by atoms with Crippen molar-refractivity contribution < 1.29 is 22.5 Å². The summed E-state index contributed by atoms with van der Waals surface area (Å²) in [6.45, 7) is 2.65. The predicted molar refractivity (Wildman–Crippen MR) is 122 cm³/mol. The van der Waals surface area contributed by atoms with Crippen molar-refractivity contribution in [3.05, 3.63) is 70.1 Å². The molecule has 0 bridgehead atoms. The molecule has 2 aliphatic rings. The number of amidine groups is 1. The van der Waals surface area contributed by atoms with E-state index in [0.29, 0.717) is 31.6 Å². The fourth-order valence-corrected chi connectivity index (χ4v) is 4.95. The first-order valence-corrected chi connectivity index (χ1v) is 11.5. The average Bonchev–Trinajstić information content (AvgIpc) is 3.08. The normalized spacial score (nSPS) is 19.7. The van der Waals surface area contributed by atoms with E-state index in [1.807, 2.05) is 19.1 Å². The standard InChI is InChI=1S/C23H23F3N4O2S/c1-15-13-19(27)6-5-16(15)7-12-33(32)30-10-8-22(9-11-30)21(31)28-20(29-22)17-3-2-4-18(14-17)23(24,25)26/h2-7,12-14H,8-11,27H2,1H3,(H,28,29,31)/b12-7+. The quantitative estimate of drug-likeness (QED) is 0.521. The van der Waals surface area contributed by atoms with Gasteiger partial charge in [0, 0.05) is 24.3 Å². The minimum absolute atomic E-state index is 0.138. The maximum Gasteiger partial charge on any atom is 0.416 e. The van der Waals surface area contributed by atoms with Crippen LogP contribution in [-0.2, 0) is 22.3 Å². The number of carbonyl (C=O) groups excluding carboxylic acids is 1. The van der Waals surface area contributed by atoms with Gasteiger partial charge in [0.15, 0.2) is 0 Å². The van der Waals surface area contributed by atoms with Gasteiger partial charge in [-0.1, -0.05) is 18.2 Å². The summed E-state index contributed by atoms with van der Waals surface area (Å²) in [7, 11) is 0. The highest BCUT2D eigenvalue weighted by Gasteiger charge is 2.47. The van der Waals surface area contributed by atoms with Crippen molar-refractivity contribution >= 4 is 34.9 Å². The minimum atomic E-state index is -4.48. The van der Waals surface area contributed by atoms with Gasteiger partial charge in [0.05, 0.1) is 16.9 Å². The predicted octanol–water partition coefficient (Wildman–Crippen LogP) is 3.64. The fraction of sp³-hybridized carbons (Fsp3) is 0.304. The summed E-state index contributed by atoms with van der Waals surface area (Å²) in [6.07, 6.45) is -2.06. The number of alkyl halides is 3. The first-order valence-electron chi connectivity index (χ1n) is 10.4. The number of piperidine rings is 1. The molecular weight excluding hydrogens is 453 g/mol. The van der Waals surface area contributed by atoms with Gasteiger partial charge in [0.2, 0.25) is 0 Å². The van der Waals surface area contributed by atoms with Gasteiger partial charge in [-0.05, 0) is 61.2 Å². The van der Waals surface area contributed by atoms with E-state index in [2.05, 4.69) is 10.3 Å². The van der Waals surface area contributed by atoms with Crippen molar-refractivity contribution in [2.45, 2.75) is 31.5 Å². The summed E-state index contributed by atoms with van der Waals surface area (Å²) < 4.78 is 53.6. The first-order chi connectivity index (χ1) is 15.6. The Balaban J connectivity index is 1.44. The molecule has 6 nitrogen and oxygen atoms in total. The number of carbonyl (C=O) groups is 1. The van der Waals surface area contributed by atoms with Gasteiger partial charge < -0.3 is 15.6 Å². The second-order valence-corrected chi connectivity index (χ2v) is 9.49. The molecule has 1 saturated heterocycles. The molecule has 1 atom stereocenters. The Morgan fingerprint density at radius 1 is 1.21 bits per heavy atom. The number of halogens is 3. The van der Waals surface area contributed by atoms with Crippen LogP contribution in [0.25, 0.3) is 6.08 Å². The van der Waals surface area contributed by atoms with Crippen molar-refractivity contribution in [2.75, 3.05) is 18.8 Å². The Morgan fingerprint density at radius 3 is 2.61 bits per heavy atom. The van der Waals surface area contributed by atoms with E-state index in [-0.39, 0.29) is 17.3 Å². The summed E-state index contributed by atoms with van der Waals surface area (Å²) in [5.41, 5.74) is 6.66. The lowest BCUT2D eigenvalue weighted by Gasteiger charge is -2.34. The van der Waals surface area contributed by atoms with Crippen LogP contribution < -0.4 is 11.1 Å². The van der Waals surface area contributed by atoms with E-state index >= 15 is 0 Å². The number of nitrogens with one attached hydrogen (secondary N) is 1. The topological polar surface area (TPSA) is 93.8 Å². The zero-order valence-corrected chi connectivity index (χ0v) is 18.7. The molecular formula is C23H23F3N4O2S. The number of benzene rings is 2. The minimum Gasteiger partial charge on any atom is -0.593 e. The molecule has 0 radical (unpaired) electrons. The summed E-state index contributed by atoms with van der Waals surface area (Å²) in [6, 6.07) is 10.2. The third kappa shape index (κ3) is 4.92. The Bertz CT molecular complexity index is 1120.